The summed E-state index contributed by atoms with van der Waals surface area (Å²) in [5.41, 5.74) is 3.72. The van der Waals surface area contributed by atoms with Crippen molar-refractivity contribution in [2.45, 2.75) is 30.6 Å². The molecule has 0 aliphatic carbocycles. The number of dihydropyridines is 1. The normalized spacial score (nSPS) is 20.8. The van der Waals surface area contributed by atoms with Crippen LogP contribution < -0.4 is 15.0 Å². The van der Waals surface area contributed by atoms with Crippen molar-refractivity contribution < 1.29 is 4.74 Å². The van der Waals surface area contributed by atoms with Gasteiger partial charge in [0.25, 0.3) is 0 Å². The summed E-state index contributed by atoms with van der Waals surface area (Å²) in [7, 11) is 0. The van der Waals surface area contributed by atoms with Crippen LogP contribution in [0.25, 0.3) is 0 Å². The molecule has 3 atom stereocenters. The fourth-order valence-corrected chi connectivity index (χ4v) is 4.71. The number of rotatable bonds is 5. The van der Waals surface area contributed by atoms with E-state index in [1.807, 2.05) is 42.5 Å². The van der Waals surface area contributed by atoms with Gasteiger partial charge in [-0.1, -0.05) is 0 Å². The number of fused-ring (bicyclic) bond motifs is 1. The van der Waals surface area contributed by atoms with Gasteiger partial charge < -0.3 is 0 Å². The molecule has 2 heterocycles. The first kappa shape index (κ1) is 19.4. The molecular weight excluding hydrogens is 475 g/mol. The van der Waals surface area contributed by atoms with Crippen LogP contribution in [0.2, 0.25) is 4.71 Å². The summed E-state index contributed by atoms with van der Waals surface area (Å²) in [5.74, 6) is 1.68. The Hall–Kier alpha value is -1.90. The number of nitrogens with one attached hydrogen (secondary N) is 1. The average Bonchev–Trinajstić information content (AvgIpc) is 2.71. The molecule has 0 aromatic heterocycles. The van der Waals surface area contributed by atoms with E-state index in [9.17, 15) is 0 Å². The Bertz CT molecular complexity index is 939. The van der Waals surface area contributed by atoms with Crippen molar-refractivity contribution in [1.29, 1.82) is 0 Å². The summed E-state index contributed by atoms with van der Waals surface area (Å²) in [5, 5.41) is 3.75. The zero-order valence-electron chi connectivity index (χ0n) is 15.8. The molecular formula is C23H24AsBrN2O. The Balaban J connectivity index is 1.72. The Morgan fingerprint density at radius 3 is 2.75 bits per heavy atom. The molecule has 0 radical (unpaired) electrons. The van der Waals surface area contributed by atoms with Crippen molar-refractivity contribution in [1.82, 2.24) is 5.32 Å². The first-order valence-electron chi connectivity index (χ1n) is 9.57. The summed E-state index contributed by atoms with van der Waals surface area (Å²) in [4.78, 5) is 2.29. The predicted octanol–water partition coefficient (Wildman–Crippen LogP) is 5.54. The molecule has 28 heavy (non-hydrogen) atoms. The SMILES string of the molecule is CCCC1=CC=C2C([AsH2])C=CN(c3cc(Br)ccc3Oc3ccccc3)C2N1. The van der Waals surface area contributed by atoms with E-state index in [1.165, 1.54) is 11.3 Å². The number of hydrogen-bond donors (Lipinski definition) is 1. The standard InChI is InChI=1S/C23H24AsBrN2O/c1-2-6-17-10-11-19-20(24)13-14-27(23(19)26-17)21-15-16(25)9-12-22(21)28-18-7-4-3-5-8-18/h3-5,7-15,20,23,26H,2,6,24H2,1H3. The van der Waals surface area contributed by atoms with Crippen molar-refractivity contribution in [2.24, 2.45) is 0 Å². The van der Waals surface area contributed by atoms with E-state index in [1.54, 1.807) is 16.9 Å². The zero-order chi connectivity index (χ0) is 19.5. The predicted molar refractivity (Wildman–Crippen MR) is 123 cm³/mol. The molecule has 1 N–H and O–H groups in total. The number of anilines is 1. The molecule has 0 saturated heterocycles. The van der Waals surface area contributed by atoms with Gasteiger partial charge >= 0.3 is 184 Å². The molecule has 2 aromatic carbocycles. The molecule has 3 nitrogen and oxygen atoms in total. The summed E-state index contributed by atoms with van der Waals surface area (Å²) in [6.07, 6.45) is 11.3. The minimum absolute atomic E-state index is 0.112. The fourth-order valence-electron chi connectivity index (χ4n) is 3.54. The van der Waals surface area contributed by atoms with Crippen molar-refractivity contribution in [3.8, 4) is 11.5 Å². The number of ether oxygens (including phenoxy) is 1. The van der Waals surface area contributed by atoms with Crippen LogP contribution >= 0.6 is 15.9 Å². The summed E-state index contributed by atoms with van der Waals surface area (Å²) in [6, 6.07) is 16.1. The molecule has 0 saturated carbocycles. The number of allylic oxidation sites excluding steroid dienone is 4. The third-order valence-electron chi connectivity index (χ3n) is 4.92. The van der Waals surface area contributed by atoms with Crippen LogP contribution in [0.3, 0.4) is 0 Å². The summed E-state index contributed by atoms with van der Waals surface area (Å²) >= 11 is 5.37. The van der Waals surface area contributed by atoms with Gasteiger partial charge in [0, 0.05) is 0 Å². The third kappa shape index (κ3) is 4.09. The van der Waals surface area contributed by atoms with Gasteiger partial charge in [-0.15, -0.1) is 0 Å². The van der Waals surface area contributed by atoms with E-state index in [0.29, 0.717) is 4.71 Å². The van der Waals surface area contributed by atoms with Crippen LogP contribution in [0.5, 0.6) is 11.5 Å². The van der Waals surface area contributed by atoms with Gasteiger partial charge in [0.2, 0.25) is 0 Å². The second kappa shape index (κ2) is 8.63. The molecule has 0 amide bonds. The fraction of sp³-hybridized carbons (Fsp3) is 0.217. The molecule has 2 aliphatic rings. The molecule has 5 heteroatoms. The van der Waals surface area contributed by atoms with Gasteiger partial charge in [-0.2, -0.15) is 0 Å². The first-order valence-corrected chi connectivity index (χ1v) is 11.8. The molecule has 2 aliphatic heterocycles. The van der Waals surface area contributed by atoms with Crippen LogP contribution in [0.15, 0.2) is 88.7 Å². The molecule has 0 bridgehead atoms. The Kier molecular flexibility index (Phi) is 5.98. The van der Waals surface area contributed by atoms with E-state index in [2.05, 4.69) is 63.6 Å². The van der Waals surface area contributed by atoms with Gasteiger partial charge in [0.15, 0.2) is 0 Å². The van der Waals surface area contributed by atoms with Gasteiger partial charge in [0.1, 0.15) is 0 Å². The van der Waals surface area contributed by atoms with E-state index < -0.39 is 0 Å². The van der Waals surface area contributed by atoms with Crippen LogP contribution in [-0.4, -0.2) is 23.0 Å². The van der Waals surface area contributed by atoms with Gasteiger partial charge in [-0.05, 0) is 0 Å². The molecule has 144 valence electrons. The van der Waals surface area contributed by atoms with Gasteiger partial charge in [-0.25, -0.2) is 0 Å². The minimum atomic E-state index is 0.112. The van der Waals surface area contributed by atoms with Gasteiger partial charge in [-0.3, -0.25) is 0 Å². The monoisotopic (exact) mass is 498 g/mol. The number of halogens is 1. The third-order valence-corrected chi connectivity index (χ3v) is 6.69. The maximum absolute atomic E-state index is 6.24. The van der Waals surface area contributed by atoms with Crippen LogP contribution in [0.4, 0.5) is 5.69 Å². The van der Waals surface area contributed by atoms with Crippen LogP contribution in [0, 0.1) is 0 Å². The number of hydrogen-bond acceptors (Lipinski definition) is 3. The van der Waals surface area contributed by atoms with E-state index in [4.69, 9.17) is 4.74 Å². The molecule has 0 fully saturated rings. The van der Waals surface area contributed by atoms with Crippen molar-refractivity contribution in [3.63, 3.8) is 0 Å². The quantitative estimate of drug-likeness (QED) is 0.548. The van der Waals surface area contributed by atoms with Crippen molar-refractivity contribution in [2.75, 3.05) is 4.90 Å². The van der Waals surface area contributed by atoms with Crippen LogP contribution in [0.1, 0.15) is 19.8 Å². The Morgan fingerprint density at radius 2 is 1.96 bits per heavy atom. The molecule has 0 spiro atoms. The summed E-state index contributed by atoms with van der Waals surface area (Å²) in [6.45, 7) is 2.21. The first-order chi connectivity index (χ1) is 13.7. The van der Waals surface area contributed by atoms with Crippen molar-refractivity contribution >= 4 is 38.5 Å². The summed E-state index contributed by atoms with van der Waals surface area (Å²) < 4.78 is 7.74. The average molecular weight is 499 g/mol. The van der Waals surface area contributed by atoms with E-state index in [0.717, 1.165) is 34.5 Å². The topological polar surface area (TPSA) is 24.5 Å². The zero-order valence-corrected chi connectivity index (χ0v) is 19.8. The second-order valence-electron chi connectivity index (χ2n) is 6.96. The van der Waals surface area contributed by atoms with Crippen molar-refractivity contribution in [3.05, 3.63) is 88.7 Å². The Labute approximate surface area is 183 Å². The number of para-hydroxylation sites is 1. The number of nitrogens with zero attached hydrogens (tertiary/aromatic N) is 1. The number of benzene rings is 2. The van der Waals surface area contributed by atoms with E-state index >= 15 is 0 Å². The second-order valence-corrected chi connectivity index (χ2v) is 9.38. The van der Waals surface area contributed by atoms with E-state index in [-0.39, 0.29) is 6.17 Å². The maximum atomic E-state index is 6.24. The van der Waals surface area contributed by atoms with Crippen LogP contribution in [-0.2, 0) is 0 Å². The van der Waals surface area contributed by atoms with Gasteiger partial charge in [0.05, 0.1) is 0 Å². The Morgan fingerprint density at radius 1 is 1.14 bits per heavy atom. The molecule has 3 unspecified atom stereocenters. The molecule has 4 rings (SSSR count). The molecule has 2 aromatic rings.